The SMILES string of the molecule is COc1cccc(C(=O)N/N=C(/C)c2cccc(NC(=O)c3ccc(Cl)cc3)c2)c1. The number of halogens is 1. The molecule has 152 valence electrons. The van der Waals surface area contributed by atoms with Crippen molar-refractivity contribution in [1.82, 2.24) is 5.43 Å². The molecule has 0 aliphatic carbocycles. The van der Waals surface area contributed by atoms with Crippen molar-refractivity contribution in [3.63, 3.8) is 0 Å². The summed E-state index contributed by atoms with van der Waals surface area (Å²) < 4.78 is 5.13. The second kappa shape index (κ2) is 9.71. The van der Waals surface area contributed by atoms with Crippen molar-refractivity contribution in [1.29, 1.82) is 0 Å². The van der Waals surface area contributed by atoms with E-state index in [4.69, 9.17) is 16.3 Å². The zero-order valence-electron chi connectivity index (χ0n) is 16.5. The molecule has 0 aliphatic heterocycles. The normalized spacial score (nSPS) is 11.0. The molecule has 3 aromatic carbocycles. The van der Waals surface area contributed by atoms with Gasteiger partial charge in [-0.15, -0.1) is 0 Å². The largest absolute Gasteiger partial charge is 0.497 e. The molecule has 0 radical (unpaired) electrons. The van der Waals surface area contributed by atoms with Gasteiger partial charge in [-0.2, -0.15) is 5.10 Å². The van der Waals surface area contributed by atoms with Crippen LogP contribution in [0, 0.1) is 0 Å². The molecule has 7 heteroatoms. The number of rotatable bonds is 6. The van der Waals surface area contributed by atoms with E-state index in [1.807, 2.05) is 6.07 Å². The number of carbonyl (C=O) groups excluding carboxylic acids is 2. The van der Waals surface area contributed by atoms with Crippen LogP contribution in [0.2, 0.25) is 5.02 Å². The van der Waals surface area contributed by atoms with E-state index < -0.39 is 0 Å². The van der Waals surface area contributed by atoms with Gasteiger partial charge >= 0.3 is 0 Å². The summed E-state index contributed by atoms with van der Waals surface area (Å²) in [5.41, 5.74) is 5.44. The van der Waals surface area contributed by atoms with Gasteiger partial charge in [0.15, 0.2) is 0 Å². The number of anilines is 1. The minimum atomic E-state index is -0.347. The van der Waals surface area contributed by atoms with Gasteiger partial charge in [0.2, 0.25) is 0 Å². The number of carbonyl (C=O) groups is 2. The molecule has 0 aliphatic rings. The van der Waals surface area contributed by atoms with E-state index in [1.165, 1.54) is 7.11 Å². The molecule has 0 atom stereocenters. The Labute approximate surface area is 179 Å². The van der Waals surface area contributed by atoms with Gasteiger partial charge in [-0.1, -0.05) is 29.8 Å². The molecule has 2 N–H and O–H groups in total. The maximum Gasteiger partial charge on any atom is 0.271 e. The Morgan fingerprint density at radius 3 is 2.30 bits per heavy atom. The highest BCUT2D eigenvalue weighted by Crippen LogP contribution is 2.15. The second-order valence-electron chi connectivity index (χ2n) is 6.41. The molecule has 6 nitrogen and oxygen atoms in total. The number of hydrogen-bond donors (Lipinski definition) is 2. The lowest BCUT2D eigenvalue weighted by atomic mass is 10.1. The molecule has 0 heterocycles. The third-order valence-corrected chi connectivity index (χ3v) is 4.55. The van der Waals surface area contributed by atoms with Crippen molar-refractivity contribution in [2.24, 2.45) is 5.10 Å². The van der Waals surface area contributed by atoms with Crippen molar-refractivity contribution in [3.8, 4) is 5.75 Å². The minimum absolute atomic E-state index is 0.246. The first-order valence-corrected chi connectivity index (χ1v) is 9.50. The van der Waals surface area contributed by atoms with E-state index in [-0.39, 0.29) is 11.8 Å². The first-order chi connectivity index (χ1) is 14.5. The average molecular weight is 422 g/mol. The predicted octanol–water partition coefficient (Wildman–Crippen LogP) is 4.75. The number of hydrazone groups is 1. The van der Waals surface area contributed by atoms with Crippen LogP contribution in [0.5, 0.6) is 5.75 Å². The van der Waals surface area contributed by atoms with E-state index in [2.05, 4.69) is 15.8 Å². The van der Waals surface area contributed by atoms with Crippen molar-refractivity contribution in [3.05, 3.63) is 94.5 Å². The molecular weight excluding hydrogens is 402 g/mol. The van der Waals surface area contributed by atoms with Crippen LogP contribution in [0.4, 0.5) is 5.69 Å². The molecule has 3 aromatic rings. The highest BCUT2D eigenvalue weighted by atomic mass is 35.5. The van der Waals surface area contributed by atoms with Gasteiger partial charge < -0.3 is 10.1 Å². The summed E-state index contributed by atoms with van der Waals surface area (Å²) in [6.45, 7) is 1.77. The summed E-state index contributed by atoms with van der Waals surface area (Å²) in [7, 11) is 1.54. The van der Waals surface area contributed by atoms with Crippen LogP contribution >= 0.6 is 11.6 Å². The van der Waals surface area contributed by atoms with Crippen LogP contribution in [-0.4, -0.2) is 24.6 Å². The van der Waals surface area contributed by atoms with Gasteiger partial charge in [-0.3, -0.25) is 9.59 Å². The van der Waals surface area contributed by atoms with Crippen molar-refractivity contribution in [2.75, 3.05) is 12.4 Å². The number of ether oxygens (including phenoxy) is 1. The van der Waals surface area contributed by atoms with Crippen molar-refractivity contribution >= 4 is 34.8 Å². The van der Waals surface area contributed by atoms with Gasteiger partial charge in [-0.25, -0.2) is 5.43 Å². The van der Waals surface area contributed by atoms with Crippen LogP contribution < -0.4 is 15.5 Å². The van der Waals surface area contributed by atoms with Crippen molar-refractivity contribution < 1.29 is 14.3 Å². The summed E-state index contributed by atoms with van der Waals surface area (Å²) in [5.74, 6) is -0.00216. The van der Waals surface area contributed by atoms with Crippen LogP contribution in [0.1, 0.15) is 33.2 Å². The third-order valence-electron chi connectivity index (χ3n) is 4.30. The van der Waals surface area contributed by atoms with Gasteiger partial charge in [-0.05, 0) is 67.1 Å². The summed E-state index contributed by atoms with van der Waals surface area (Å²) in [5, 5.41) is 7.57. The minimum Gasteiger partial charge on any atom is -0.497 e. The van der Waals surface area contributed by atoms with E-state index in [0.29, 0.717) is 33.3 Å². The molecule has 0 saturated heterocycles. The number of nitrogens with one attached hydrogen (secondary N) is 2. The third kappa shape index (κ3) is 5.46. The number of methoxy groups -OCH3 is 1. The fourth-order valence-corrected chi connectivity index (χ4v) is 2.78. The van der Waals surface area contributed by atoms with Gasteiger partial charge in [0.25, 0.3) is 11.8 Å². The topological polar surface area (TPSA) is 79.8 Å². The summed E-state index contributed by atoms with van der Waals surface area (Å²) in [6.07, 6.45) is 0. The van der Waals surface area contributed by atoms with E-state index in [9.17, 15) is 9.59 Å². The number of benzene rings is 3. The number of nitrogens with zero attached hydrogens (tertiary/aromatic N) is 1. The summed E-state index contributed by atoms with van der Waals surface area (Å²) >= 11 is 5.86. The molecule has 0 bridgehead atoms. The highest BCUT2D eigenvalue weighted by Gasteiger charge is 2.09. The molecular formula is C23H20ClN3O3. The molecule has 3 rings (SSSR count). The molecule has 0 unspecified atom stereocenters. The van der Waals surface area contributed by atoms with Gasteiger partial charge in [0.05, 0.1) is 12.8 Å². The molecule has 0 saturated carbocycles. The molecule has 0 spiro atoms. The fraction of sp³-hybridized carbons (Fsp3) is 0.0870. The van der Waals surface area contributed by atoms with Gasteiger partial charge in [0, 0.05) is 21.8 Å². The lowest BCUT2D eigenvalue weighted by Crippen LogP contribution is -2.19. The molecule has 0 fully saturated rings. The first kappa shape index (κ1) is 21.1. The summed E-state index contributed by atoms with van der Waals surface area (Å²) in [4.78, 5) is 24.7. The maximum absolute atomic E-state index is 12.4. The van der Waals surface area contributed by atoms with E-state index in [1.54, 1.807) is 73.7 Å². The van der Waals surface area contributed by atoms with Crippen LogP contribution in [0.25, 0.3) is 0 Å². The van der Waals surface area contributed by atoms with Crippen LogP contribution in [-0.2, 0) is 0 Å². The number of hydrogen-bond acceptors (Lipinski definition) is 4. The first-order valence-electron chi connectivity index (χ1n) is 9.12. The quantitative estimate of drug-likeness (QED) is 0.445. The zero-order chi connectivity index (χ0) is 21.5. The highest BCUT2D eigenvalue weighted by molar-refractivity contribution is 6.30. The Morgan fingerprint density at radius 2 is 1.57 bits per heavy atom. The lowest BCUT2D eigenvalue weighted by molar-refractivity contribution is 0.0953. The Balaban J connectivity index is 1.68. The second-order valence-corrected chi connectivity index (χ2v) is 6.85. The summed E-state index contributed by atoms with van der Waals surface area (Å²) in [6, 6.07) is 20.6. The standard InChI is InChI=1S/C23H20ClN3O3/c1-15(26-27-23(29)18-6-4-8-21(14-18)30-2)17-5-3-7-20(13-17)25-22(28)16-9-11-19(24)12-10-16/h3-14H,1-2H3,(H,25,28)(H,27,29)/b26-15-. The Hall–Kier alpha value is -3.64. The lowest BCUT2D eigenvalue weighted by Gasteiger charge is -2.08. The Bertz CT molecular complexity index is 1090. The fourth-order valence-electron chi connectivity index (χ4n) is 2.65. The zero-order valence-corrected chi connectivity index (χ0v) is 17.2. The maximum atomic E-state index is 12.4. The average Bonchev–Trinajstić information content (AvgIpc) is 2.77. The van der Waals surface area contributed by atoms with Gasteiger partial charge in [0.1, 0.15) is 5.75 Å². The van der Waals surface area contributed by atoms with E-state index in [0.717, 1.165) is 5.56 Å². The number of amides is 2. The Kier molecular flexibility index (Phi) is 6.83. The smallest absolute Gasteiger partial charge is 0.271 e. The Morgan fingerprint density at radius 1 is 0.867 bits per heavy atom. The molecule has 30 heavy (non-hydrogen) atoms. The van der Waals surface area contributed by atoms with Crippen LogP contribution in [0.3, 0.4) is 0 Å². The van der Waals surface area contributed by atoms with E-state index >= 15 is 0 Å². The van der Waals surface area contributed by atoms with Crippen molar-refractivity contribution in [2.45, 2.75) is 6.92 Å². The molecule has 0 aromatic heterocycles. The van der Waals surface area contributed by atoms with Crippen LogP contribution in [0.15, 0.2) is 77.9 Å². The predicted molar refractivity (Wildman–Crippen MR) is 119 cm³/mol. The monoisotopic (exact) mass is 421 g/mol. The molecule has 2 amide bonds.